The van der Waals surface area contributed by atoms with Crippen molar-refractivity contribution >= 4 is 0 Å². The van der Waals surface area contributed by atoms with Crippen molar-refractivity contribution in [2.45, 2.75) is 52.4 Å². The van der Waals surface area contributed by atoms with E-state index >= 15 is 0 Å². The average molecular weight is 228 g/mol. The molecule has 0 aliphatic carbocycles. The predicted octanol–water partition coefficient (Wildman–Crippen LogP) is 3.23. The fraction of sp³-hybridized carbons (Fsp3) is 1.00. The highest BCUT2D eigenvalue weighted by atomic mass is 15.2. The number of rotatable bonds is 11. The molecule has 0 atom stereocenters. The minimum atomic E-state index is 1.21. The minimum Gasteiger partial charge on any atom is -0.305 e. The summed E-state index contributed by atoms with van der Waals surface area (Å²) in [4.78, 5) is 4.93. The lowest BCUT2D eigenvalue weighted by molar-refractivity contribution is 0.250. The molecule has 0 radical (unpaired) electrons. The van der Waals surface area contributed by atoms with Crippen LogP contribution in [0.1, 0.15) is 52.4 Å². The van der Waals surface area contributed by atoms with Crippen LogP contribution in [0.4, 0.5) is 0 Å². The van der Waals surface area contributed by atoms with Gasteiger partial charge in [0, 0.05) is 13.1 Å². The van der Waals surface area contributed by atoms with Crippen molar-refractivity contribution in [3.8, 4) is 0 Å². The summed E-state index contributed by atoms with van der Waals surface area (Å²) in [6.07, 6.45) is 8.10. The zero-order valence-electron chi connectivity index (χ0n) is 12.0. The molecule has 0 saturated carbocycles. The van der Waals surface area contributed by atoms with Crippen LogP contribution in [0.3, 0.4) is 0 Å². The SMILES string of the molecule is CCCCCN(C)CCN(C)CCCCC. The molecule has 0 rings (SSSR count). The Morgan fingerprint density at radius 1 is 0.562 bits per heavy atom. The van der Waals surface area contributed by atoms with E-state index in [9.17, 15) is 0 Å². The van der Waals surface area contributed by atoms with Crippen molar-refractivity contribution in [3.63, 3.8) is 0 Å². The van der Waals surface area contributed by atoms with Crippen molar-refractivity contribution in [2.24, 2.45) is 0 Å². The van der Waals surface area contributed by atoms with Crippen LogP contribution in [0, 0.1) is 0 Å². The zero-order chi connectivity index (χ0) is 12.2. The first-order valence-corrected chi connectivity index (χ1v) is 7.07. The average Bonchev–Trinajstić information content (AvgIpc) is 2.27. The normalized spacial score (nSPS) is 11.6. The highest BCUT2D eigenvalue weighted by Crippen LogP contribution is 1.98. The summed E-state index contributed by atoms with van der Waals surface area (Å²) in [5, 5.41) is 0. The summed E-state index contributed by atoms with van der Waals surface area (Å²) in [6.45, 7) is 9.48. The van der Waals surface area contributed by atoms with Gasteiger partial charge >= 0.3 is 0 Å². The highest BCUT2D eigenvalue weighted by Gasteiger charge is 2.01. The van der Waals surface area contributed by atoms with Gasteiger partial charge in [-0.15, -0.1) is 0 Å². The smallest absolute Gasteiger partial charge is 0.0106 e. The quantitative estimate of drug-likeness (QED) is 0.501. The van der Waals surface area contributed by atoms with Crippen molar-refractivity contribution in [2.75, 3.05) is 40.3 Å². The second-order valence-corrected chi connectivity index (χ2v) is 5.02. The first kappa shape index (κ1) is 15.9. The number of unbranched alkanes of at least 4 members (excludes halogenated alkanes) is 4. The third-order valence-electron chi connectivity index (χ3n) is 3.15. The molecule has 0 fully saturated rings. The molecule has 0 unspecified atom stereocenters. The zero-order valence-corrected chi connectivity index (χ0v) is 12.0. The molecule has 0 aromatic carbocycles. The van der Waals surface area contributed by atoms with Crippen molar-refractivity contribution in [1.82, 2.24) is 9.80 Å². The van der Waals surface area contributed by atoms with Gasteiger partial charge in [-0.25, -0.2) is 0 Å². The molecule has 0 N–H and O–H groups in total. The van der Waals surface area contributed by atoms with Crippen LogP contribution in [0.15, 0.2) is 0 Å². The maximum atomic E-state index is 2.46. The topological polar surface area (TPSA) is 6.48 Å². The molecule has 0 saturated heterocycles. The Bertz CT molecular complexity index is 121. The van der Waals surface area contributed by atoms with E-state index in [4.69, 9.17) is 0 Å². The van der Waals surface area contributed by atoms with E-state index in [2.05, 4.69) is 37.7 Å². The van der Waals surface area contributed by atoms with Gasteiger partial charge in [-0.05, 0) is 40.0 Å². The number of hydrogen-bond donors (Lipinski definition) is 0. The summed E-state index contributed by atoms with van der Waals surface area (Å²) in [5.74, 6) is 0. The molecule has 0 heterocycles. The monoisotopic (exact) mass is 228 g/mol. The lowest BCUT2D eigenvalue weighted by atomic mass is 10.2. The van der Waals surface area contributed by atoms with Crippen LogP contribution in [-0.2, 0) is 0 Å². The highest BCUT2D eigenvalue weighted by molar-refractivity contribution is 4.57. The summed E-state index contributed by atoms with van der Waals surface area (Å²) >= 11 is 0. The molecule has 0 bridgehead atoms. The first-order chi connectivity index (χ1) is 7.70. The number of nitrogens with zero attached hydrogens (tertiary/aromatic N) is 2. The molecule has 16 heavy (non-hydrogen) atoms. The minimum absolute atomic E-state index is 1.21. The van der Waals surface area contributed by atoms with Crippen LogP contribution < -0.4 is 0 Å². The van der Waals surface area contributed by atoms with Crippen LogP contribution in [0.2, 0.25) is 0 Å². The van der Waals surface area contributed by atoms with Gasteiger partial charge in [0.1, 0.15) is 0 Å². The third kappa shape index (κ3) is 10.4. The lowest BCUT2D eigenvalue weighted by Gasteiger charge is -2.21. The Hall–Kier alpha value is -0.0800. The van der Waals surface area contributed by atoms with Crippen molar-refractivity contribution in [3.05, 3.63) is 0 Å². The van der Waals surface area contributed by atoms with Gasteiger partial charge in [-0.3, -0.25) is 0 Å². The summed E-state index contributed by atoms with van der Waals surface area (Å²) < 4.78 is 0. The second kappa shape index (κ2) is 11.4. The number of likely N-dealkylation sites (N-methyl/N-ethyl adjacent to an activating group) is 2. The van der Waals surface area contributed by atoms with Crippen LogP contribution >= 0.6 is 0 Å². The molecule has 0 amide bonds. The van der Waals surface area contributed by atoms with E-state index in [1.807, 2.05) is 0 Å². The Morgan fingerprint density at radius 3 is 1.25 bits per heavy atom. The molecule has 0 aliphatic rings. The van der Waals surface area contributed by atoms with Gasteiger partial charge in [-0.2, -0.15) is 0 Å². The molecule has 0 spiro atoms. The van der Waals surface area contributed by atoms with E-state index in [0.717, 1.165) is 0 Å². The predicted molar refractivity (Wildman–Crippen MR) is 74.0 cm³/mol. The maximum Gasteiger partial charge on any atom is 0.0106 e. The molecular weight excluding hydrogens is 196 g/mol. The summed E-state index contributed by atoms with van der Waals surface area (Å²) in [5.41, 5.74) is 0. The molecule has 0 aromatic rings. The van der Waals surface area contributed by atoms with Crippen LogP contribution in [0.5, 0.6) is 0 Å². The van der Waals surface area contributed by atoms with Crippen LogP contribution in [0.25, 0.3) is 0 Å². The van der Waals surface area contributed by atoms with Crippen molar-refractivity contribution in [1.29, 1.82) is 0 Å². The van der Waals surface area contributed by atoms with Gasteiger partial charge in [0.05, 0.1) is 0 Å². The van der Waals surface area contributed by atoms with Gasteiger partial charge in [0.2, 0.25) is 0 Å². The molecule has 0 aromatic heterocycles. The van der Waals surface area contributed by atoms with Gasteiger partial charge < -0.3 is 9.80 Å². The van der Waals surface area contributed by atoms with Crippen molar-refractivity contribution < 1.29 is 0 Å². The summed E-state index contributed by atoms with van der Waals surface area (Å²) in [6, 6.07) is 0. The second-order valence-electron chi connectivity index (χ2n) is 5.02. The molecule has 2 nitrogen and oxygen atoms in total. The third-order valence-corrected chi connectivity index (χ3v) is 3.15. The van der Waals surface area contributed by atoms with E-state index in [-0.39, 0.29) is 0 Å². The fourth-order valence-corrected chi connectivity index (χ4v) is 1.83. The van der Waals surface area contributed by atoms with E-state index < -0.39 is 0 Å². The maximum absolute atomic E-state index is 2.46. The van der Waals surface area contributed by atoms with Gasteiger partial charge in [0.15, 0.2) is 0 Å². The molecule has 2 heteroatoms. The Morgan fingerprint density at radius 2 is 0.938 bits per heavy atom. The lowest BCUT2D eigenvalue weighted by Crippen LogP contribution is -2.31. The largest absolute Gasteiger partial charge is 0.305 e. The van der Waals surface area contributed by atoms with Crippen LogP contribution in [-0.4, -0.2) is 50.1 Å². The Kier molecular flexibility index (Phi) is 11.3. The van der Waals surface area contributed by atoms with Gasteiger partial charge in [-0.1, -0.05) is 39.5 Å². The standard InChI is InChI=1S/C14H32N2/c1-5-7-9-11-15(3)13-14-16(4)12-10-8-6-2/h5-14H2,1-4H3. The Balaban J connectivity index is 3.32. The van der Waals surface area contributed by atoms with Gasteiger partial charge in [0.25, 0.3) is 0 Å². The molecular formula is C14H32N2. The van der Waals surface area contributed by atoms with E-state index in [1.54, 1.807) is 0 Å². The number of hydrogen-bond acceptors (Lipinski definition) is 2. The Labute approximate surface area is 103 Å². The summed E-state index contributed by atoms with van der Waals surface area (Å²) in [7, 11) is 4.49. The molecule has 0 aliphatic heterocycles. The fourth-order valence-electron chi connectivity index (χ4n) is 1.83. The first-order valence-electron chi connectivity index (χ1n) is 7.07. The molecule has 98 valence electrons. The van der Waals surface area contributed by atoms with E-state index in [0.29, 0.717) is 0 Å². The van der Waals surface area contributed by atoms with E-state index in [1.165, 1.54) is 64.7 Å².